The summed E-state index contributed by atoms with van der Waals surface area (Å²) in [5.41, 5.74) is -0.834. The van der Waals surface area contributed by atoms with Crippen molar-refractivity contribution in [3.8, 4) is 5.75 Å². The van der Waals surface area contributed by atoms with Crippen LogP contribution in [0.1, 0.15) is 32.4 Å². The lowest BCUT2D eigenvalue weighted by Crippen LogP contribution is -2.39. The van der Waals surface area contributed by atoms with Gasteiger partial charge in [-0.15, -0.1) is 0 Å². The summed E-state index contributed by atoms with van der Waals surface area (Å²) >= 11 is 3.21. The van der Waals surface area contributed by atoms with E-state index in [-0.39, 0.29) is 11.3 Å². The summed E-state index contributed by atoms with van der Waals surface area (Å²) in [5.74, 6) is -1.30. The van der Waals surface area contributed by atoms with E-state index in [1.165, 1.54) is 13.2 Å². The van der Waals surface area contributed by atoms with Gasteiger partial charge >= 0.3 is 12.1 Å². The van der Waals surface area contributed by atoms with E-state index in [0.29, 0.717) is 4.47 Å². The second kappa shape index (κ2) is 7.63. The topological polar surface area (TPSA) is 73.9 Å². The molecule has 0 heterocycles. The second-order valence-electron chi connectivity index (χ2n) is 5.61. The number of methoxy groups -OCH3 is 2. The molecule has 0 fully saturated rings. The van der Waals surface area contributed by atoms with Crippen LogP contribution in [0.25, 0.3) is 0 Å². The third-order valence-corrected chi connectivity index (χ3v) is 3.30. The highest BCUT2D eigenvalue weighted by Crippen LogP contribution is 2.31. The van der Waals surface area contributed by atoms with Crippen molar-refractivity contribution in [3.63, 3.8) is 0 Å². The number of hydrogen-bond donors (Lipinski definition) is 1. The largest absolute Gasteiger partial charge is 0.495 e. The molecular formula is C15H19BrFNO5. The van der Waals surface area contributed by atoms with Gasteiger partial charge in [0, 0.05) is 11.6 Å². The maximum absolute atomic E-state index is 14.3. The van der Waals surface area contributed by atoms with E-state index in [2.05, 4.69) is 26.0 Å². The molecule has 128 valence electrons. The van der Waals surface area contributed by atoms with Gasteiger partial charge in [-0.1, -0.05) is 0 Å². The summed E-state index contributed by atoms with van der Waals surface area (Å²) in [7, 11) is 2.53. The smallest absolute Gasteiger partial charge is 0.408 e. The third-order valence-electron chi connectivity index (χ3n) is 2.68. The molecule has 1 N–H and O–H groups in total. The van der Waals surface area contributed by atoms with Gasteiger partial charge in [0.05, 0.1) is 18.7 Å². The monoisotopic (exact) mass is 391 g/mol. The Balaban J connectivity index is 3.15. The summed E-state index contributed by atoms with van der Waals surface area (Å²) in [6.45, 7) is 5.01. The van der Waals surface area contributed by atoms with Crippen molar-refractivity contribution in [2.45, 2.75) is 32.4 Å². The maximum Gasteiger partial charge on any atom is 0.408 e. The molecule has 0 aliphatic rings. The average molecular weight is 392 g/mol. The molecule has 1 amide bonds. The lowest BCUT2D eigenvalue weighted by atomic mass is 10.1. The second-order valence-corrected chi connectivity index (χ2v) is 6.47. The molecule has 0 aliphatic carbocycles. The minimum atomic E-state index is -1.35. The Hall–Kier alpha value is -1.83. The van der Waals surface area contributed by atoms with Crippen LogP contribution in [0.2, 0.25) is 0 Å². The van der Waals surface area contributed by atoms with Crippen LogP contribution in [-0.4, -0.2) is 31.9 Å². The van der Waals surface area contributed by atoms with E-state index < -0.39 is 29.5 Å². The number of nitrogens with one attached hydrogen (secondary N) is 1. The lowest BCUT2D eigenvalue weighted by molar-refractivity contribution is -0.143. The molecule has 1 atom stereocenters. The molecule has 6 nitrogen and oxygen atoms in total. The predicted octanol–water partition coefficient (Wildman–Crippen LogP) is 3.34. The number of hydrogen-bond acceptors (Lipinski definition) is 5. The number of ether oxygens (including phenoxy) is 3. The van der Waals surface area contributed by atoms with Gasteiger partial charge in [0.25, 0.3) is 0 Å². The summed E-state index contributed by atoms with van der Waals surface area (Å²) in [4.78, 5) is 23.8. The van der Waals surface area contributed by atoms with E-state index in [1.54, 1.807) is 20.8 Å². The van der Waals surface area contributed by atoms with Gasteiger partial charge in [0.2, 0.25) is 0 Å². The molecule has 1 aromatic rings. The number of esters is 1. The summed E-state index contributed by atoms with van der Waals surface area (Å²) < 4.78 is 29.4. The average Bonchev–Trinajstić information content (AvgIpc) is 2.44. The quantitative estimate of drug-likeness (QED) is 0.796. The van der Waals surface area contributed by atoms with E-state index in [1.807, 2.05) is 0 Å². The molecule has 1 rings (SSSR count). The number of rotatable bonds is 4. The fourth-order valence-corrected chi connectivity index (χ4v) is 2.25. The van der Waals surface area contributed by atoms with Gasteiger partial charge in [-0.25, -0.2) is 14.0 Å². The van der Waals surface area contributed by atoms with E-state index in [0.717, 1.165) is 13.2 Å². The highest BCUT2D eigenvalue weighted by atomic mass is 79.9. The molecule has 1 unspecified atom stereocenters. The normalized spacial score (nSPS) is 12.3. The van der Waals surface area contributed by atoms with Crippen LogP contribution in [0.3, 0.4) is 0 Å². The van der Waals surface area contributed by atoms with Gasteiger partial charge in [-0.2, -0.15) is 0 Å². The van der Waals surface area contributed by atoms with Crippen LogP contribution in [0.15, 0.2) is 16.6 Å². The number of amides is 1. The molecule has 0 saturated carbocycles. The zero-order valence-electron chi connectivity index (χ0n) is 13.5. The Bertz CT molecular complexity index is 600. The van der Waals surface area contributed by atoms with Crippen LogP contribution in [0, 0.1) is 5.82 Å². The van der Waals surface area contributed by atoms with Gasteiger partial charge in [0.15, 0.2) is 6.04 Å². The standard InChI is InChI=1S/C15H19BrFNO5/c1-15(2,3)23-14(20)18-12(13(19)22-5)8-6-9(16)11(21-4)7-10(8)17/h6-7,12H,1-5H3,(H,18,20). The molecule has 0 aromatic heterocycles. The SMILES string of the molecule is COC(=O)C(NC(=O)OC(C)(C)C)c1cc(Br)c(OC)cc1F. The van der Waals surface area contributed by atoms with E-state index in [9.17, 15) is 14.0 Å². The first-order valence-corrected chi connectivity index (χ1v) is 7.48. The Labute approximate surface area is 142 Å². The van der Waals surface area contributed by atoms with Crippen LogP contribution in [0.5, 0.6) is 5.75 Å². The Morgan fingerprint density at radius 2 is 1.87 bits per heavy atom. The zero-order chi connectivity index (χ0) is 17.8. The van der Waals surface area contributed by atoms with Crippen molar-refractivity contribution in [1.82, 2.24) is 5.32 Å². The molecule has 0 bridgehead atoms. The Morgan fingerprint density at radius 3 is 2.35 bits per heavy atom. The van der Waals surface area contributed by atoms with E-state index >= 15 is 0 Å². The van der Waals surface area contributed by atoms with Gasteiger partial charge in [-0.05, 0) is 42.8 Å². The van der Waals surface area contributed by atoms with Crippen LogP contribution in [-0.2, 0) is 14.3 Å². The van der Waals surface area contributed by atoms with Gasteiger partial charge < -0.3 is 19.5 Å². The first-order chi connectivity index (χ1) is 10.6. The van der Waals surface area contributed by atoms with Crippen molar-refractivity contribution >= 4 is 28.0 Å². The van der Waals surface area contributed by atoms with Gasteiger partial charge in [-0.3, -0.25) is 0 Å². The minimum Gasteiger partial charge on any atom is -0.495 e. The fourth-order valence-electron chi connectivity index (χ4n) is 1.73. The third kappa shape index (κ3) is 5.38. The van der Waals surface area contributed by atoms with Crippen molar-refractivity contribution in [1.29, 1.82) is 0 Å². The molecule has 0 spiro atoms. The molecule has 8 heteroatoms. The molecular weight excluding hydrogens is 373 g/mol. The van der Waals surface area contributed by atoms with Crippen LogP contribution < -0.4 is 10.1 Å². The number of benzene rings is 1. The maximum atomic E-state index is 14.3. The lowest BCUT2D eigenvalue weighted by Gasteiger charge is -2.23. The van der Waals surface area contributed by atoms with Crippen LogP contribution >= 0.6 is 15.9 Å². The minimum absolute atomic E-state index is 0.0737. The fraction of sp³-hybridized carbons (Fsp3) is 0.467. The Morgan fingerprint density at radius 1 is 1.26 bits per heavy atom. The van der Waals surface area contributed by atoms with Crippen molar-refractivity contribution in [2.75, 3.05) is 14.2 Å². The number of carbonyl (C=O) groups is 2. The van der Waals surface area contributed by atoms with E-state index in [4.69, 9.17) is 9.47 Å². The van der Waals surface area contributed by atoms with Crippen molar-refractivity contribution in [3.05, 3.63) is 28.0 Å². The molecule has 0 aliphatic heterocycles. The molecule has 23 heavy (non-hydrogen) atoms. The highest BCUT2D eigenvalue weighted by Gasteiger charge is 2.29. The zero-order valence-corrected chi connectivity index (χ0v) is 15.1. The van der Waals surface area contributed by atoms with Crippen molar-refractivity contribution in [2.24, 2.45) is 0 Å². The molecule has 0 saturated heterocycles. The number of alkyl carbamates (subject to hydrolysis) is 1. The summed E-state index contributed by atoms with van der Waals surface area (Å²) in [6, 6.07) is 1.09. The number of halogens is 2. The summed E-state index contributed by atoms with van der Waals surface area (Å²) in [5, 5.41) is 2.31. The number of carbonyl (C=O) groups excluding carboxylic acids is 2. The van der Waals surface area contributed by atoms with Gasteiger partial charge in [0.1, 0.15) is 17.2 Å². The highest BCUT2D eigenvalue weighted by molar-refractivity contribution is 9.10. The molecule has 0 radical (unpaired) electrons. The van der Waals surface area contributed by atoms with Crippen molar-refractivity contribution < 1.29 is 28.2 Å². The summed E-state index contributed by atoms with van der Waals surface area (Å²) in [6.07, 6.45) is -0.862. The first-order valence-electron chi connectivity index (χ1n) is 6.69. The first kappa shape index (κ1) is 19.2. The molecule has 1 aromatic carbocycles. The Kier molecular flexibility index (Phi) is 6.37. The predicted molar refractivity (Wildman–Crippen MR) is 84.8 cm³/mol. The van der Waals surface area contributed by atoms with Crippen LogP contribution in [0.4, 0.5) is 9.18 Å².